The predicted octanol–water partition coefficient (Wildman–Crippen LogP) is 4.06. The summed E-state index contributed by atoms with van der Waals surface area (Å²) in [6.07, 6.45) is 2.31. The fourth-order valence-corrected chi connectivity index (χ4v) is 5.87. The van der Waals surface area contributed by atoms with Crippen LogP contribution in [0.2, 0.25) is 0 Å². The van der Waals surface area contributed by atoms with Crippen molar-refractivity contribution < 1.29 is 17.9 Å². The number of amides is 1. The first-order valence-electron chi connectivity index (χ1n) is 10.1. The average Bonchev–Trinajstić information content (AvgIpc) is 3.42. The number of carbonyl (C=O) groups excluding carboxylic acids is 1. The van der Waals surface area contributed by atoms with E-state index in [0.717, 1.165) is 23.1 Å². The number of rotatable bonds is 8. The zero-order chi connectivity index (χ0) is 21.0. The van der Waals surface area contributed by atoms with Crippen molar-refractivity contribution in [3.05, 3.63) is 54.6 Å². The van der Waals surface area contributed by atoms with Crippen molar-refractivity contribution >= 4 is 42.4 Å². The van der Waals surface area contributed by atoms with Gasteiger partial charge in [0.1, 0.15) is 0 Å². The van der Waals surface area contributed by atoms with E-state index >= 15 is 0 Å². The molecular weight excluding hydrogens is 420 g/mol. The van der Waals surface area contributed by atoms with Crippen molar-refractivity contribution in [2.45, 2.75) is 36.7 Å². The van der Waals surface area contributed by atoms with Gasteiger partial charge in [-0.15, -0.1) is 0 Å². The molecule has 1 unspecified atom stereocenters. The number of nitrogens with zero attached hydrogens (tertiary/aromatic N) is 2. The summed E-state index contributed by atoms with van der Waals surface area (Å²) in [5.74, 6) is -0.177. The molecule has 2 heterocycles. The molecule has 158 valence electrons. The average molecular weight is 445 g/mol. The van der Waals surface area contributed by atoms with Crippen molar-refractivity contribution in [3.63, 3.8) is 0 Å². The summed E-state index contributed by atoms with van der Waals surface area (Å²) < 4.78 is 31.7. The lowest BCUT2D eigenvalue weighted by Gasteiger charge is -2.23. The molecular formula is C22H24N2O4S2. The second-order valence-electron chi connectivity index (χ2n) is 7.34. The number of thiazole rings is 1. The number of ether oxygens (including phenoxy) is 1. The van der Waals surface area contributed by atoms with E-state index in [4.69, 9.17) is 4.74 Å². The molecule has 30 heavy (non-hydrogen) atoms. The molecule has 1 aliphatic rings. The number of benzene rings is 2. The van der Waals surface area contributed by atoms with Crippen LogP contribution in [-0.4, -0.2) is 44.3 Å². The lowest BCUT2D eigenvalue weighted by atomic mass is 10.2. The first-order chi connectivity index (χ1) is 14.5. The quantitative estimate of drug-likeness (QED) is 0.524. The van der Waals surface area contributed by atoms with Crippen LogP contribution in [0.5, 0.6) is 0 Å². The number of fused-ring (bicyclic) bond motifs is 1. The van der Waals surface area contributed by atoms with E-state index < -0.39 is 9.84 Å². The maximum atomic E-state index is 13.1. The number of hydrogen-bond acceptors (Lipinski definition) is 6. The van der Waals surface area contributed by atoms with E-state index in [0.29, 0.717) is 23.2 Å². The molecule has 2 aromatic carbocycles. The molecule has 8 heteroatoms. The third-order valence-corrected chi connectivity index (χ3v) is 8.01. The first-order valence-corrected chi connectivity index (χ1v) is 12.6. The molecule has 0 N–H and O–H groups in total. The van der Waals surface area contributed by atoms with Gasteiger partial charge in [-0.1, -0.05) is 41.7 Å². The molecule has 1 aromatic heterocycles. The topological polar surface area (TPSA) is 76.6 Å². The Morgan fingerprint density at radius 2 is 1.90 bits per heavy atom. The standard InChI is InChI=1S/C22H24N2O4S2/c25-21(13-7-15-30(26,27)18-9-2-1-3-10-18)24(16-17-8-6-14-28-17)22-23-19-11-4-5-12-20(19)29-22/h1-5,9-12,17H,6-8,13-16H2. The first kappa shape index (κ1) is 21.0. The van der Waals surface area contributed by atoms with Gasteiger partial charge in [0.2, 0.25) is 5.91 Å². The highest BCUT2D eigenvalue weighted by atomic mass is 32.2. The molecule has 1 amide bonds. The van der Waals surface area contributed by atoms with E-state index in [2.05, 4.69) is 4.98 Å². The molecule has 1 saturated heterocycles. The van der Waals surface area contributed by atoms with Crippen LogP contribution in [0, 0.1) is 0 Å². The molecule has 1 fully saturated rings. The van der Waals surface area contributed by atoms with Gasteiger partial charge in [0.25, 0.3) is 0 Å². The predicted molar refractivity (Wildman–Crippen MR) is 119 cm³/mol. The normalized spacial score (nSPS) is 16.7. The van der Waals surface area contributed by atoms with Crippen LogP contribution in [0.15, 0.2) is 59.5 Å². The zero-order valence-corrected chi connectivity index (χ0v) is 18.2. The summed E-state index contributed by atoms with van der Waals surface area (Å²) in [6, 6.07) is 16.1. The van der Waals surface area contributed by atoms with Gasteiger partial charge in [-0.05, 0) is 43.5 Å². The Balaban J connectivity index is 1.46. The minimum atomic E-state index is -3.40. The van der Waals surface area contributed by atoms with Crippen molar-refractivity contribution in [3.8, 4) is 0 Å². The van der Waals surface area contributed by atoms with Crippen molar-refractivity contribution in [1.82, 2.24) is 4.98 Å². The minimum absolute atomic E-state index is 0.00554. The van der Waals surface area contributed by atoms with E-state index in [1.807, 2.05) is 24.3 Å². The van der Waals surface area contributed by atoms with Crippen LogP contribution in [-0.2, 0) is 19.4 Å². The fraction of sp³-hybridized carbons (Fsp3) is 0.364. The highest BCUT2D eigenvalue weighted by Crippen LogP contribution is 2.30. The van der Waals surface area contributed by atoms with Crippen LogP contribution in [0.25, 0.3) is 10.2 Å². The van der Waals surface area contributed by atoms with Gasteiger partial charge in [-0.25, -0.2) is 13.4 Å². The van der Waals surface area contributed by atoms with Crippen molar-refractivity contribution in [1.29, 1.82) is 0 Å². The SMILES string of the molecule is O=C(CCCS(=O)(=O)c1ccccc1)N(CC1CCCO1)c1nc2ccccc2s1. The number of aromatic nitrogens is 1. The zero-order valence-electron chi connectivity index (χ0n) is 16.6. The van der Waals surface area contributed by atoms with Crippen molar-refractivity contribution in [2.75, 3.05) is 23.8 Å². The van der Waals surface area contributed by atoms with Gasteiger partial charge >= 0.3 is 0 Å². The number of para-hydroxylation sites is 1. The van der Waals surface area contributed by atoms with Crippen LogP contribution < -0.4 is 4.90 Å². The van der Waals surface area contributed by atoms with Crippen molar-refractivity contribution in [2.24, 2.45) is 0 Å². The van der Waals surface area contributed by atoms with E-state index in [1.165, 1.54) is 11.3 Å². The van der Waals surface area contributed by atoms with Crippen LogP contribution >= 0.6 is 11.3 Å². The Morgan fingerprint density at radius 1 is 1.13 bits per heavy atom. The van der Waals surface area contributed by atoms with Gasteiger partial charge in [0.15, 0.2) is 15.0 Å². The number of anilines is 1. The highest BCUT2D eigenvalue weighted by Gasteiger charge is 2.26. The number of sulfone groups is 1. The molecule has 3 aromatic rings. The minimum Gasteiger partial charge on any atom is -0.376 e. The van der Waals surface area contributed by atoms with Gasteiger partial charge in [-0.2, -0.15) is 0 Å². The Bertz CT molecular complexity index is 1070. The number of carbonyl (C=O) groups is 1. The molecule has 1 aliphatic heterocycles. The maximum absolute atomic E-state index is 13.1. The second kappa shape index (κ2) is 9.24. The molecule has 0 radical (unpaired) electrons. The Hall–Kier alpha value is -2.29. The summed E-state index contributed by atoms with van der Waals surface area (Å²) in [4.78, 5) is 19.7. The monoisotopic (exact) mass is 444 g/mol. The van der Waals surface area contributed by atoms with E-state index in [1.54, 1.807) is 35.2 Å². The maximum Gasteiger partial charge on any atom is 0.228 e. The smallest absolute Gasteiger partial charge is 0.228 e. The third kappa shape index (κ3) is 4.88. The summed E-state index contributed by atoms with van der Waals surface area (Å²) in [6.45, 7) is 1.16. The molecule has 0 saturated carbocycles. The number of hydrogen-bond donors (Lipinski definition) is 0. The molecule has 1 atom stereocenters. The van der Waals surface area contributed by atoms with Crippen LogP contribution in [0.1, 0.15) is 25.7 Å². The summed E-state index contributed by atoms with van der Waals surface area (Å²) in [7, 11) is -3.40. The van der Waals surface area contributed by atoms with E-state index in [9.17, 15) is 13.2 Å². The largest absolute Gasteiger partial charge is 0.376 e. The summed E-state index contributed by atoms with van der Waals surface area (Å²) in [5.41, 5.74) is 0.856. The van der Waals surface area contributed by atoms with Gasteiger partial charge < -0.3 is 4.74 Å². The van der Waals surface area contributed by atoms with Gasteiger partial charge in [0, 0.05) is 13.0 Å². The fourth-order valence-electron chi connectivity index (χ4n) is 3.55. The highest BCUT2D eigenvalue weighted by molar-refractivity contribution is 7.91. The second-order valence-corrected chi connectivity index (χ2v) is 10.5. The van der Waals surface area contributed by atoms with Crippen LogP contribution in [0.4, 0.5) is 5.13 Å². The Morgan fingerprint density at radius 3 is 2.63 bits per heavy atom. The van der Waals surface area contributed by atoms with E-state index in [-0.39, 0.29) is 30.6 Å². The third-order valence-electron chi connectivity index (χ3n) is 5.13. The lowest BCUT2D eigenvalue weighted by molar-refractivity contribution is -0.119. The lowest BCUT2D eigenvalue weighted by Crippen LogP contribution is -2.37. The van der Waals surface area contributed by atoms with Gasteiger partial charge in [-0.3, -0.25) is 9.69 Å². The molecule has 4 rings (SSSR count). The molecule has 6 nitrogen and oxygen atoms in total. The van der Waals surface area contributed by atoms with Crippen LogP contribution in [0.3, 0.4) is 0 Å². The summed E-state index contributed by atoms with van der Waals surface area (Å²) in [5, 5.41) is 0.641. The molecule has 0 spiro atoms. The molecule has 0 aliphatic carbocycles. The molecule has 0 bridgehead atoms. The summed E-state index contributed by atoms with van der Waals surface area (Å²) >= 11 is 1.47. The van der Waals surface area contributed by atoms with Gasteiger partial charge in [0.05, 0.1) is 33.5 Å². The Labute approximate surface area is 180 Å². The Kier molecular flexibility index (Phi) is 6.46.